The first-order valence-electron chi connectivity index (χ1n) is 1.13. The predicted molar refractivity (Wildman–Crippen MR) is 16.5 cm³/mol. The molecule has 0 saturated heterocycles. The van der Waals surface area contributed by atoms with Crippen LogP contribution in [0.15, 0.2) is 5.51 Å². The summed E-state index contributed by atoms with van der Waals surface area (Å²) in [4.78, 5) is 0. The second-order valence-corrected chi connectivity index (χ2v) is 1.14. The number of nitrogens with one attached hydrogen (secondary N) is 1. The number of H-pyrrole nitrogens is 1. The Kier molecular flexibility index (Phi) is 0.582. The Morgan fingerprint density at radius 1 is 1.80 bits per heavy atom. The molecule has 0 aliphatic carbocycles. The summed E-state index contributed by atoms with van der Waals surface area (Å²) in [5.74, 6) is 0. The zero-order valence-electron chi connectivity index (χ0n) is 2.38. The van der Waals surface area contributed by atoms with Crippen LogP contribution in [0.3, 0.4) is 0 Å². The van der Waals surface area contributed by atoms with Crippen LogP contribution in [0.5, 0.6) is 0 Å². The van der Waals surface area contributed by atoms with E-state index in [4.69, 9.17) is 0 Å². The third-order valence-electron chi connectivity index (χ3n) is 0.251. The highest BCUT2D eigenvalue weighted by atomic mass is 32.1. The summed E-state index contributed by atoms with van der Waals surface area (Å²) in [6, 6.07) is 0. The summed E-state index contributed by atoms with van der Waals surface area (Å²) in [5, 5.41) is 5.88. The van der Waals surface area contributed by atoms with E-state index >= 15 is 0 Å². The van der Waals surface area contributed by atoms with Crippen LogP contribution in [0.1, 0.15) is 0 Å². The van der Waals surface area contributed by atoms with Crippen molar-refractivity contribution in [3.05, 3.63) is 5.51 Å². The van der Waals surface area contributed by atoms with Crippen molar-refractivity contribution >= 4 is 11.5 Å². The Hall–Kier alpha value is -0.510. The summed E-state index contributed by atoms with van der Waals surface area (Å²) in [5.41, 5.74) is 1.69. The summed E-state index contributed by atoms with van der Waals surface area (Å²) in [6.07, 6.45) is 0. The number of aromatic nitrogens is 3. The van der Waals surface area contributed by atoms with Crippen molar-refractivity contribution in [1.82, 2.24) is 9.70 Å². The molecule has 0 saturated carbocycles. The van der Waals surface area contributed by atoms with Gasteiger partial charge in [-0.15, -0.1) is 5.10 Å². The minimum Gasteiger partial charge on any atom is -0.136 e. The van der Waals surface area contributed by atoms with Crippen molar-refractivity contribution in [1.29, 1.82) is 0 Å². The lowest BCUT2D eigenvalue weighted by atomic mass is 11.7. The first-order valence-corrected chi connectivity index (χ1v) is 1.97. The highest BCUT2D eigenvalue weighted by Gasteiger charge is 1.75. The fraction of sp³-hybridized carbons (Fsp3) is 0. The highest BCUT2D eigenvalue weighted by molar-refractivity contribution is 7.02. The number of nitrogens with zero attached hydrogens (tertiary/aromatic N) is 2. The fourth-order valence-corrected chi connectivity index (χ4v) is 0.354. The molecule has 0 amide bonds. The van der Waals surface area contributed by atoms with Gasteiger partial charge in [-0.2, -0.15) is 0 Å². The number of hydrogen-bond acceptors (Lipinski definition) is 3. The van der Waals surface area contributed by atoms with Gasteiger partial charge in [-0.1, -0.05) is 0 Å². The van der Waals surface area contributed by atoms with Crippen LogP contribution >= 0.6 is 11.5 Å². The minimum absolute atomic E-state index is 1.30. The van der Waals surface area contributed by atoms with Crippen LogP contribution in [0.2, 0.25) is 0 Å². The van der Waals surface area contributed by atoms with E-state index < -0.39 is 0 Å². The molecule has 4 heteroatoms. The lowest BCUT2D eigenvalue weighted by Crippen LogP contribution is -1.97. The van der Waals surface area contributed by atoms with Crippen molar-refractivity contribution in [2.45, 2.75) is 0 Å². The van der Waals surface area contributed by atoms with Gasteiger partial charge in [0.1, 0.15) is 9.70 Å². The molecule has 0 fully saturated rings. The normalized spacial score (nSPS) is 8.00. The van der Waals surface area contributed by atoms with Crippen molar-refractivity contribution < 1.29 is 5.10 Å². The quantitative estimate of drug-likeness (QED) is 0.423. The SMILES string of the molecule is c1[nH+]nns1. The highest BCUT2D eigenvalue weighted by Crippen LogP contribution is 1.66. The van der Waals surface area contributed by atoms with E-state index in [1.54, 1.807) is 5.51 Å². The molecule has 0 atom stereocenters. The average molecular weight is 88.1 g/mol. The molecule has 1 rings (SSSR count). The van der Waals surface area contributed by atoms with Crippen LogP contribution in [0.4, 0.5) is 0 Å². The van der Waals surface area contributed by atoms with E-state index in [-0.39, 0.29) is 0 Å². The van der Waals surface area contributed by atoms with Gasteiger partial charge in [0.25, 0.3) is 0 Å². The van der Waals surface area contributed by atoms with Crippen LogP contribution in [0, 0.1) is 0 Å². The van der Waals surface area contributed by atoms with Gasteiger partial charge in [-0.25, -0.2) is 0 Å². The van der Waals surface area contributed by atoms with Crippen LogP contribution in [-0.2, 0) is 0 Å². The Morgan fingerprint density at radius 3 is 3.00 bits per heavy atom. The molecule has 3 nitrogen and oxygen atoms in total. The van der Waals surface area contributed by atoms with Gasteiger partial charge < -0.3 is 0 Å². The minimum atomic E-state index is 1.30. The van der Waals surface area contributed by atoms with Crippen molar-refractivity contribution in [3.8, 4) is 0 Å². The van der Waals surface area contributed by atoms with E-state index in [1.807, 2.05) is 0 Å². The van der Waals surface area contributed by atoms with E-state index in [0.717, 1.165) is 0 Å². The first kappa shape index (κ1) is 2.71. The van der Waals surface area contributed by atoms with Crippen molar-refractivity contribution in [2.75, 3.05) is 0 Å². The monoisotopic (exact) mass is 88.0 g/mol. The third-order valence-corrected chi connectivity index (χ3v) is 0.638. The molecule has 0 bridgehead atoms. The maximum Gasteiger partial charge on any atom is 0.209 e. The summed E-state index contributed by atoms with van der Waals surface area (Å²) < 4.78 is 3.46. The second-order valence-electron chi connectivity index (χ2n) is 0.534. The summed E-state index contributed by atoms with van der Waals surface area (Å²) in [6.45, 7) is 0. The maximum absolute atomic E-state index is 3.46. The van der Waals surface area contributed by atoms with Crippen molar-refractivity contribution in [3.63, 3.8) is 0 Å². The van der Waals surface area contributed by atoms with Crippen LogP contribution < -0.4 is 5.10 Å². The van der Waals surface area contributed by atoms with Gasteiger partial charge >= 0.3 is 0 Å². The van der Waals surface area contributed by atoms with E-state index in [2.05, 4.69) is 14.8 Å². The Labute approximate surface area is 32.8 Å². The molecule has 0 unspecified atom stereocenters. The van der Waals surface area contributed by atoms with Gasteiger partial charge in [0.2, 0.25) is 5.51 Å². The lowest BCUT2D eigenvalue weighted by Gasteiger charge is -1.28. The molecule has 1 N–H and O–H groups in total. The van der Waals surface area contributed by atoms with Crippen LogP contribution in [0.25, 0.3) is 0 Å². The zero-order chi connectivity index (χ0) is 3.54. The summed E-state index contributed by atoms with van der Waals surface area (Å²) >= 11 is 1.30. The van der Waals surface area contributed by atoms with E-state index in [9.17, 15) is 0 Å². The predicted octanol–water partition coefficient (Wildman–Crippen LogP) is -0.648. The molecule has 26 valence electrons. The molecule has 1 aromatic heterocycles. The van der Waals surface area contributed by atoms with Crippen molar-refractivity contribution in [2.24, 2.45) is 0 Å². The molecule has 0 aliphatic heterocycles. The Bertz CT molecular complexity index is 63.4. The molecule has 0 spiro atoms. The Morgan fingerprint density at radius 2 is 2.80 bits per heavy atom. The molecule has 1 heterocycles. The molecule has 1 aromatic rings. The molecule has 0 aromatic carbocycles. The van der Waals surface area contributed by atoms with Gasteiger partial charge in [-0.05, 0) is 0 Å². The van der Waals surface area contributed by atoms with Gasteiger partial charge in [-0.3, -0.25) is 0 Å². The smallest absolute Gasteiger partial charge is 0.136 e. The maximum atomic E-state index is 3.46. The third kappa shape index (κ3) is 0.384. The molecular formula is CH2N3S+. The standard InChI is InChI=1S/CHN3S/c1-2-3-4-5-1/h1H/p+1. The lowest BCUT2D eigenvalue weighted by molar-refractivity contribution is -0.453. The molecule has 0 radical (unpaired) electrons. The number of rotatable bonds is 0. The topological polar surface area (TPSA) is 39.9 Å². The molecule has 5 heavy (non-hydrogen) atoms. The van der Waals surface area contributed by atoms with E-state index in [1.165, 1.54) is 11.5 Å². The van der Waals surface area contributed by atoms with E-state index in [0.29, 0.717) is 0 Å². The molecular weight excluding hydrogens is 86.1 g/mol. The van der Waals surface area contributed by atoms with Gasteiger partial charge in [0.15, 0.2) is 11.5 Å². The fourth-order valence-electron chi connectivity index (χ4n) is 0.118. The Balaban J connectivity index is 3.13. The van der Waals surface area contributed by atoms with Gasteiger partial charge in [0.05, 0.1) is 0 Å². The largest absolute Gasteiger partial charge is 0.209 e. The molecule has 0 aliphatic rings. The number of aromatic amines is 1. The van der Waals surface area contributed by atoms with Crippen LogP contribution in [-0.4, -0.2) is 9.70 Å². The summed E-state index contributed by atoms with van der Waals surface area (Å²) in [7, 11) is 0. The second kappa shape index (κ2) is 1.07. The average Bonchev–Trinajstić information content (AvgIpc) is 1.76. The first-order chi connectivity index (χ1) is 2.50. The van der Waals surface area contributed by atoms with Gasteiger partial charge in [0, 0.05) is 0 Å². The number of hydrogen-bond donors (Lipinski definition) is 0. The zero-order valence-corrected chi connectivity index (χ0v) is 3.20.